The van der Waals surface area contributed by atoms with Crippen LogP contribution in [0.15, 0.2) is 30.3 Å². The van der Waals surface area contributed by atoms with Crippen LogP contribution in [-0.4, -0.2) is 22.2 Å². The molecule has 0 saturated carbocycles. The van der Waals surface area contributed by atoms with E-state index in [0.29, 0.717) is 0 Å². The van der Waals surface area contributed by atoms with Crippen molar-refractivity contribution in [1.82, 2.24) is 0 Å². The number of carbonyl (C=O) groups excluding carboxylic acids is 1. The summed E-state index contributed by atoms with van der Waals surface area (Å²) < 4.78 is 0. The van der Waals surface area contributed by atoms with Gasteiger partial charge in [0.25, 0.3) is 0 Å². The van der Waals surface area contributed by atoms with E-state index in [9.17, 15) is 9.59 Å². The van der Waals surface area contributed by atoms with Crippen LogP contribution in [0, 0.1) is 5.92 Å². The average molecular weight is 222 g/mol. The highest BCUT2D eigenvalue weighted by Crippen LogP contribution is 2.09. The minimum atomic E-state index is -1.13. The van der Waals surface area contributed by atoms with Crippen LogP contribution in [-0.2, 0) is 16.0 Å². The largest absolute Gasteiger partial charge is 0.481 e. The first-order chi connectivity index (χ1) is 7.15. The Bertz CT molecular complexity index is 373. The van der Waals surface area contributed by atoms with Gasteiger partial charge in [-0.3, -0.25) is 9.59 Å². The normalized spacial score (nSPS) is 11.7. The molecule has 3 nitrogen and oxygen atoms in total. The molecule has 0 amide bonds. The molecule has 1 rings (SSSR count). The molecule has 4 heteroatoms. The number of rotatable bonds is 5. The molecule has 15 heavy (non-hydrogen) atoms. The minimum absolute atomic E-state index is 0.183. The van der Waals surface area contributed by atoms with Gasteiger partial charge in [-0.15, -0.1) is 0 Å². The Kier molecular flexibility index (Phi) is 4.12. The molecule has 78 valence electrons. The summed E-state index contributed by atoms with van der Waals surface area (Å²) in [6, 6.07) is 9.01. The number of hydrogen-bond donors (Lipinski definition) is 1. The van der Waals surface area contributed by atoms with Gasteiger partial charge in [0.15, 0.2) is 5.78 Å². The van der Waals surface area contributed by atoms with Crippen LogP contribution < -0.4 is 0 Å². The number of aliphatic carboxylic acids is 1. The number of thiocarbonyl (C=S) groups is 1. The third-order valence-corrected chi connectivity index (χ3v) is 2.27. The second-order valence-corrected chi connectivity index (χ2v) is 3.34. The predicted octanol–water partition coefficient (Wildman–Crippen LogP) is 1.50. The monoisotopic (exact) mass is 222 g/mol. The summed E-state index contributed by atoms with van der Waals surface area (Å²) in [5, 5.41) is 9.74. The van der Waals surface area contributed by atoms with Crippen molar-refractivity contribution >= 4 is 29.3 Å². The van der Waals surface area contributed by atoms with E-state index in [-0.39, 0.29) is 6.42 Å². The summed E-state index contributed by atoms with van der Waals surface area (Å²) in [5.74, 6) is -2.73. The van der Waals surface area contributed by atoms with Gasteiger partial charge >= 0.3 is 5.97 Å². The number of carbonyl (C=O) groups is 2. The Balaban J connectivity index is 2.80. The second kappa shape index (κ2) is 5.36. The van der Waals surface area contributed by atoms with E-state index in [1.54, 1.807) is 24.3 Å². The van der Waals surface area contributed by atoms with Gasteiger partial charge < -0.3 is 5.11 Å². The minimum Gasteiger partial charge on any atom is -0.481 e. The van der Waals surface area contributed by atoms with E-state index in [2.05, 4.69) is 12.2 Å². The molecule has 0 aromatic heterocycles. The zero-order chi connectivity index (χ0) is 11.3. The van der Waals surface area contributed by atoms with Gasteiger partial charge in [0.05, 0.1) is 0 Å². The lowest BCUT2D eigenvalue weighted by atomic mass is 9.96. The zero-order valence-electron chi connectivity index (χ0n) is 7.92. The molecule has 1 atom stereocenters. The number of hydrogen-bond acceptors (Lipinski definition) is 3. The molecule has 0 aliphatic rings. The average Bonchev–Trinajstić information content (AvgIpc) is 2.26. The number of benzene rings is 1. The van der Waals surface area contributed by atoms with Crippen molar-refractivity contribution in [1.29, 1.82) is 0 Å². The molecule has 1 aromatic rings. The summed E-state index contributed by atoms with van der Waals surface area (Å²) in [6.45, 7) is 0. The number of ketones is 1. The molecule has 0 bridgehead atoms. The molecule has 0 unspecified atom stereocenters. The van der Waals surface area contributed by atoms with Crippen LogP contribution in [0.1, 0.15) is 5.56 Å². The maximum atomic E-state index is 11.2. The topological polar surface area (TPSA) is 54.4 Å². The van der Waals surface area contributed by atoms with Gasteiger partial charge in [-0.2, -0.15) is 0 Å². The van der Waals surface area contributed by atoms with Crippen LogP contribution in [0.25, 0.3) is 0 Å². The summed E-state index contributed by atoms with van der Waals surface area (Å²) in [6.07, 6.45) is 0.183. The van der Waals surface area contributed by atoms with Crippen molar-refractivity contribution in [2.45, 2.75) is 6.42 Å². The van der Waals surface area contributed by atoms with E-state index < -0.39 is 17.7 Å². The molecule has 0 fully saturated rings. The maximum absolute atomic E-state index is 11.2. The first kappa shape index (κ1) is 11.5. The molecule has 1 aromatic carbocycles. The van der Waals surface area contributed by atoms with Gasteiger partial charge in [0.1, 0.15) is 5.92 Å². The van der Waals surface area contributed by atoms with E-state index in [1.165, 1.54) is 0 Å². The third kappa shape index (κ3) is 3.25. The van der Waals surface area contributed by atoms with E-state index >= 15 is 0 Å². The molecule has 0 spiro atoms. The van der Waals surface area contributed by atoms with Gasteiger partial charge in [0, 0.05) is 5.37 Å². The fraction of sp³-hybridized carbons (Fsp3) is 0.182. The van der Waals surface area contributed by atoms with Crippen LogP contribution >= 0.6 is 12.2 Å². The van der Waals surface area contributed by atoms with Crippen molar-refractivity contribution in [3.8, 4) is 0 Å². The lowest BCUT2D eigenvalue weighted by Crippen LogP contribution is -2.26. The Morgan fingerprint density at radius 1 is 1.33 bits per heavy atom. The summed E-state index contributed by atoms with van der Waals surface area (Å²) in [5.41, 5.74) is 0.815. The van der Waals surface area contributed by atoms with Gasteiger partial charge in [-0.05, 0) is 12.0 Å². The summed E-state index contributed by atoms with van der Waals surface area (Å²) in [7, 11) is 0. The second-order valence-electron chi connectivity index (χ2n) is 3.10. The zero-order valence-corrected chi connectivity index (χ0v) is 8.74. The molecule has 0 radical (unpaired) electrons. The van der Waals surface area contributed by atoms with Crippen molar-refractivity contribution in [2.24, 2.45) is 5.92 Å². The SMILES string of the molecule is O=C(O)[C@@H](Cc1ccccc1)C(=O)C=S. The fourth-order valence-corrected chi connectivity index (χ4v) is 1.41. The number of Topliss-reactive ketones (excluding diaryl/α,β-unsaturated/α-hetero) is 1. The standard InChI is InChI=1S/C11H10O3S/c12-10(7-15)9(11(13)14)6-8-4-2-1-3-5-8/h1-5,7,9H,6H2,(H,13,14)/t9-/m0/s1. The highest BCUT2D eigenvalue weighted by Gasteiger charge is 2.24. The van der Waals surface area contributed by atoms with Gasteiger partial charge in [-0.25, -0.2) is 0 Å². The van der Waals surface area contributed by atoms with Gasteiger partial charge in [0.2, 0.25) is 0 Å². The van der Waals surface area contributed by atoms with Gasteiger partial charge in [-0.1, -0.05) is 42.5 Å². The Labute approximate surface area is 92.7 Å². The highest BCUT2D eigenvalue weighted by molar-refractivity contribution is 7.80. The maximum Gasteiger partial charge on any atom is 0.314 e. The molecule has 0 heterocycles. The predicted molar refractivity (Wildman–Crippen MR) is 59.9 cm³/mol. The van der Waals surface area contributed by atoms with Crippen LogP contribution in [0.2, 0.25) is 0 Å². The summed E-state index contributed by atoms with van der Waals surface area (Å²) >= 11 is 4.45. The third-order valence-electron chi connectivity index (χ3n) is 2.04. The van der Waals surface area contributed by atoms with Crippen molar-refractivity contribution < 1.29 is 14.7 Å². The quantitative estimate of drug-likeness (QED) is 0.606. The van der Waals surface area contributed by atoms with Crippen LogP contribution in [0.3, 0.4) is 0 Å². The molecular weight excluding hydrogens is 212 g/mol. The molecule has 0 saturated heterocycles. The van der Waals surface area contributed by atoms with Crippen molar-refractivity contribution in [2.75, 3.05) is 0 Å². The summed E-state index contributed by atoms with van der Waals surface area (Å²) in [4.78, 5) is 22.0. The Morgan fingerprint density at radius 2 is 1.93 bits per heavy atom. The lowest BCUT2D eigenvalue weighted by molar-refractivity contribution is -0.144. The Hall–Kier alpha value is -1.55. The number of carboxylic acid groups (broad SMARTS) is 1. The number of carboxylic acids is 1. The molecule has 0 aliphatic heterocycles. The van der Waals surface area contributed by atoms with Crippen molar-refractivity contribution in [3.63, 3.8) is 0 Å². The van der Waals surface area contributed by atoms with E-state index in [0.717, 1.165) is 10.9 Å². The molecule has 0 aliphatic carbocycles. The van der Waals surface area contributed by atoms with E-state index in [1.807, 2.05) is 6.07 Å². The fourth-order valence-electron chi connectivity index (χ4n) is 1.24. The highest BCUT2D eigenvalue weighted by atomic mass is 32.1. The lowest BCUT2D eigenvalue weighted by Gasteiger charge is -2.07. The molecule has 1 N–H and O–H groups in total. The van der Waals surface area contributed by atoms with E-state index in [4.69, 9.17) is 5.11 Å². The van der Waals surface area contributed by atoms with Crippen molar-refractivity contribution in [3.05, 3.63) is 35.9 Å². The first-order valence-electron chi connectivity index (χ1n) is 4.41. The Morgan fingerprint density at radius 3 is 2.40 bits per heavy atom. The van der Waals surface area contributed by atoms with Crippen LogP contribution in [0.4, 0.5) is 0 Å². The van der Waals surface area contributed by atoms with Crippen LogP contribution in [0.5, 0.6) is 0 Å². The first-order valence-corrected chi connectivity index (χ1v) is 4.88. The smallest absolute Gasteiger partial charge is 0.314 e. The molecular formula is C11H10O3S.